The third-order valence-corrected chi connectivity index (χ3v) is 3.59. The van der Waals surface area contributed by atoms with Gasteiger partial charge in [0.2, 0.25) is 0 Å². The maximum atomic E-state index is 12.4. The number of carbonyl (C=O) groups excluding carboxylic acids is 2. The van der Waals surface area contributed by atoms with Gasteiger partial charge >= 0.3 is 5.97 Å². The summed E-state index contributed by atoms with van der Waals surface area (Å²) in [6.45, 7) is 5.42. The largest absolute Gasteiger partial charge is 0.455 e. The van der Waals surface area contributed by atoms with E-state index in [1.54, 1.807) is 18.2 Å². The van der Waals surface area contributed by atoms with E-state index in [0.717, 1.165) is 25.7 Å². The van der Waals surface area contributed by atoms with Crippen LogP contribution in [0.2, 0.25) is 0 Å². The van der Waals surface area contributed by atoms with E-state index in [2.05, 4.69) is 4.98 Å². The van der Waals surface area contributed by atoms with Crippen LogP contribution in [0.15, 0.2) is 18.2 Å². The average molecular weight is 289 g/mol. The molecule has 0 radical (unpaired) electrons. The molecule has 1 fully saturated rings. The highest BCUT2D eigenvalue weighted by molar-refractivity contribution is 5.97. The van der Waals surface area contributed by atoms with Crippen LogP contribution in [0, 0.1) is 5.92 Å². The number of esters is 1. The Morgan fingerprint density at radius 3 is 2.33 bits per heavy atom. The normalized spacial score (nSPS) is 16.5. The molecule has 1 heterocycles. The third kappa shape index (κ3) is 4.38. The van der Waals surface area contributed by atoms with Crippen LogP contribution < -0.4 is 0 Å². The number of rotatable bonds is 3. The van der Waals surface area contributed by atoms with Crippen LogP contribution in [0.4, 0.5) is 0 Å². The Kier molecular flexibility index (Phi) is 4.76. The smallest absolute Gasteiger partial charge is 0.357 e. The van der Waals surface area contributed by atoms with Crippen molar-refractivity contribution in [3.05, 3.63) is 29.6 Å². The molecule has 0 N–H and O–H groups in total. The van der Waals surface area contributed by atoms with Crippen molar-refractivity contribution in [3.8, 4) is 0 Å². The number of Topliss-reactive ketones (excluding diaryl/α,β-unsaturated/α-hetero) is 1. The Hall–Kier alpha value is -1.71. The van der Waals surface area contributed by atoms with E-state index in [9.17, 15) is 9.59 Å². The zero-order valence-electron chi connectivity index (χ0n) is 13.0. The molecule has 0 spiro atoms. The Bertz CT molecular complexity index is 525. The zero-order chi connectivity index (χ0) is 15.5. The number of ether oxygens (including phenoxy) is 1. The highest BCUT2D eigenvalue weighted by Gasteiger charge is 2.25. The Morgan fingerprint density at radius 1 is 1.10 bits per heavy atom. The summed E-state index contributed by atoms with van der Waals surface area (Å²) in [6, 6.07) is 4.97. The van der Waals surface area contributed by atoms with Gasteiger partial charge in [-0.05, 0) is 45.7 Å². The molecule has 0 aromatic carbocycles. The second kappa shape index (κ2) is 6.37. The van der Waals surface area contributed by atoms with Crippen LogP contribution in [-0.2, 0) is 4.74 Å². The Balaban J connectivity index is 2.13. The zero-order valence-corrected chi connectivity index (χ0v) is 13.0. The molecule has 1 saturated carbocycles. The summed E-state index contributed by atoms with van der Waals surface area (Å²) in [6.07, 6.45) is 5.26. The molecule has 0 bridgehead atoms. The average Bonchev–Trinajstić information content (AvgIpc) is 2.46. The van der Waals surface area contributed by atoms with Gasteiger partial charge in [-0.15, -0.1) is 0 Å². The molecule has 1 aliphatic rings. The minimum Gasteiger partial charge on any atom is -0.455 e. The van der Waals surface area contributed by atoms with Crippen LogP contribution in [-0.4, -0.2) is 22.3 Å². The van der Waals surface area contributed by atoms with Crippen LogP contribution in [0.3, 0.4) is 0 Å². The molecule has 0 amide bonds. The number of aromatic nitrogens is 1. The molecule has 21 heavy (non-hydrogen) atoms. The molecular weight excluding hydrogens is 266 g/mol. The minimum atomic E-state index is -0.567. The van der Waals surface area contributed by atoms with Gasteiger partial charge in [0.15, 0.2) is 5.78 Å². The lowest BCUT2D eigenvalue weighted by atomic mass is 9.85. The van der Waals surface area contributed by atoms with Gasteiger partial charge < -0.3 is 4.74 Å². The maximum Gasteiger partial charge on any atom is 0.357 e. The maximum absolute atomic E-state index is 12.4. The fourth-order valence-electron chi connectivity index (χ4n) is 2.59. The predicted molar refractivity (Wildman–Crippen MR) is 80.3 cm³/mol. The Morgan fingerprint density at radius 2 is 1.71 bits per heavy atom. The van der Waals surface area contributed by atoms with Crippen LogP contribution >= 0.6 is 0 Å². The van der Waals surface area contributed by atoms with E-state index < -0.39 is 11.6 Å². The molecule has 0 aliphatic heterocycles. The van der Waals surface area contributed by atoms with Crippen molar-refractivity contribution in [1.82, 2.24) is 4.98 Å². The first-order chi connectivity index (χ1) is 9.87. The van der Waals surface area contributed by atoms with E-state index in [1.165, 1.54) is 6.42 Å². The van der Waals surface area contributed by atoms with Crippen molar-refractivity contribution in [2.45, 2.75) is 58.5 Å². The number of hydrogen-bond donors (Lipinski definition) is 0. The minimum absolute atomic E-state index is 0.0557. The highest BCUT2D eigenvalue weighted by Crippen LogP contribution is 2.26. The summed E-state index contributed by atoms with van der Waals surface area (Å²) < 4.78 is 5.29. The Labute approximate surface area is 125 Å². The van der Waals surface area contributed by atoms with Gasteiger partial charge in [0.05, 0.1) is 0 Å². The van der Waals surface area contributed by atoms with Gasteiger partial charge in [-0.2, -0.15) is 0 Å². The van der Waals surface area contributed by atoms with Crippen molar-refractivity contribution >= 4 is 11.8 Å². The number of pyridine rings is 1. The highest BCUT2D eigenvalue weighted by atomic mass is 16.6. The topological polar surface area (TPSA) is 56.3 Å². The molecule has 2 rings (SSSR count). The quantitative estimate of drug-likeness (QED) is 0.627. The predicted octanol–water partition coefficient (Wildman–Crippen LogP) is 3.80. The first-order valence-corrected chi connectivity index (χ1v) is 7.61. The van der Waals surface area contributed by atoms with Gasteiger partial charge in [-0.1, -0.05) is 25.3 Å². The van der Waals surface area contributed by atoms with Gasteiger partial charge in [0, 0.05) is 5.92 Å². The van der Waals surface area contributed by atoms with Crippen molar-refractivity contribution < 1.29 is 14.3 Å². The summed E-state index contributed by atoms with van der Waals surface area (Å²) >= 11 is 0. The third-order valence-electron chi connectivity index (χ3n) is 3.59. The summed E-state index contributed by atoms with van der Waals surface area (Å²) in [5, 5.41) is 0. The second-order valence-corrected chi connectivity index (χ2v) is 6.61. The molecule has 1 aliphatic carbocycles. The summed E-state index contributed by atoms with van der Waals surface area (Å²) in [5.74, 6) is -0.374. The molecule has 1 aromatic heterocycles. The molecule has 0 saturated heterocycles. The van der Waals surface area contributed by atoms with Crippen LogP contribution in [0.1, 0.15) is 73.9 Å². The van der Waals surface area contributed by atoms with Crippen molar-refractivity contribution in [2.24, 2.45) is 5.92 Å². The van der Waals surface area contributed by atoms with Gasteiger partial charge in [0.1, 0.15) is 17.0 Å². The number of hydrogen-bond acceptors (Lipinski definition) is 4. The first kappa shape index (κ1) is 15.7. The van der Waals surface area contributed by atoms with Crippen molar-refractivity contribution in [2.75, 3.05) is 0 Å². The molecular formula is C17H23NO3. The number of carbonyl (C=O) groups is 2. The standard InChI is InChI=1S/C17H23NO3/c1-17(2,3)21-16(20)14-11-7-10-13(18-14)15(19)12-8-5-4-6-9-12/h7,10-12H,4-6,8-9H2,1-3H3. The lowest BCUT2D eigenvalue weighted by Crippen LogP contribution is -2.25. The molecule has 0 atom stereocenters. The molecule has 4 nitrogen and oxygen atoms in total. The van der Waals surface area contributed by atoms with E-state index >= 15 is 0 Å². The monoisotopic (exact) mass is 289 g/mol. The molecule has 4 heteroatoms. The fourth-order valence-corrected chi connectivity index (χ4v) is 2.59. The van der Waals surface area contributed by atoms with Gasteiger partial charge in [-0.3, -0.25) is 4.79 Å². The molecule has 114 valence electrons. The summed E-state index contributed by atoms with van der Waals surface area (Å²) in [5.41, 5.74) is 0.0131. The van der Waals surface area contributed by atoms with Gasteiger partial charge in [-0.25, -0.2) is 9.78 Å². The lowest BCUT2D eigenvalue weighted by molar-refractivity contribution is 0.00627. The first-order valence-electron chi connectivity index (χ1n) is 7.61. The van der Waals surface area contributed by atoms with E-state index in [-0.39, 0.29) is 17.4 Å². The summed E-state index contributed by atoms with van der Waals surface area (Å²) in [4.78, 5) is 28.7. The molecule has 0 unspecified atom stereocenters. The SMILES string of the molecule is CC(C)(C)OC(=O)c1cccc(C(=O)C2CCCCC2)n1. The van der Waals surface area contributed by atoms with E-state index in [1.807, 2.05) is 20.8 Å². The van der Waals surface area contributed by atoms with Gasteiger partial charge in [0.25, 0.3) is 0 Å². The van der Waals surface area contributed by atoms with E-state index in [4.69, 9.17) is 4.74 Å². The van der Waals surface area contributed by atoms with Crippen LogP contribution in [0.25, 0.3) is 0 Å². The lowest BCUT2D eigenvalue weighted by Gasteiger charge is -2.21. The van der Waals surface area contributed by atoms with Crippen molar-refractivity contribution in [1.29, 1.82) is 0 Å². The fraction of sp³-hybridized carbons (Fsp3) is 0.588. The number of nitrogens with zero attached hydrogens (tertiary/aromatic N) is 1. The van der Waals surface area contributed by atoms with Crippen molar-refractivity contribution in [3.63, 3.8) is 0 Å². The van der Waals surface area contributed by atoms with Crippen LogP contribution in [0.5, 0.6) is 0 Å². The summed E-state index contributed by atoms with van der Waals surface area (Å²) in [7, 11) is 0. The second-order valence-electron chi connectivity index (χ2n) is 6.61. The van der Waals surface area contributed by atoms with E-state index in [0.29, 0.717) is 5.69 Å². The molecule has 1 aromatic rings. The number of ketones is 1.